The van der Waals surface area contributed by atoms with Gasteiger partial charge in [-0.1, -0.05) is 13.3 Å². The minimum Gasteiger partial charge on any atom is -0.383 e. The molecular weight excluding hydrogens is 232 g/mol. The maximum Gasteiger partial charge on any atom is 0.329 e. The molecule has 18 heavy (non-hydrogen) atoms. The van der Waals surface area contributed by atoms with Gasteiger partial charge in [-0.25, -0.2) is 4.79 Å². The highest BCUT2D eigenvalue weighted by Gasteiger charge is 2.21. The summed E-state index contributed by atoms with van der Waals surface area (Å²) in [5.41, 5.74) is 5.15. The third-order valence-electron chi connectivity index (χ3n) is 3.74. The molecule has 1 fully saturated rings. The van der Waals surface area contributed by atoms with Crippen LogP contribution in [0.3, 0.4) is 0 Å². The van der Waals surface area contributed by atoms with E-state index in [0.717, 1.165) is 12.5 Å². The lowest BCUT2D eigenvalue weighted by Crippen LogP contribution is -2.33. The summed E-state index contributed by atoms with van der Waals surface area (Å²) in [7, 11) is 1.54. The van der Waals surface area contributed by atoms with Crippen molar-refractivity contribution in [3.8, 4) is 0 Å². The predicted octanol–water partition coefficient (Wildman–Crippen LogP) is 0.504. The fraction of sp³-hybridized carbons (Fsp3) is 0.667. The van der Waals surface area contributed by atoms with E-state index in [1.165, 1.54) is 30.9 Å². The molecule has 100 valence electrons. The van der Waals surface area contributed by atoms with E-state index < -0.39 is 11.2 Å². The Kier molecular flexibility index (Phi) is 3.45. The molecule has 1 aliphatic rings. The third kappa shape index (κ3) is 2.42. The Morgan fingerprint density at radius 1 is 1.44 bits per heavy atom. The van der Waals surface area contributed by atoms with Crippen molar-refractivity contribution in [2.75, 3.05) is 17.6 Å². The van der Waals surface area contributed by atoms with Crippen LogP contribution >= 0.6 is 0 Å². The van der Waals surface area contributed by atoms with Crippen LogP contribution in [0.25, 0.3) is 0 Å². The first-order valence-electron chi connectivity index (χ1n) is 6.31. The Hall–Kier alpha value is -1.72. The Labute approximate surface area is 105 Å². The van der Waals surface area contributed by atoms with Gasteiger partial charge in [0.15, 0.2) is 0 Å². The molecular formula is C12H20N4O2. The molecule has 1 heterocycles. The summed E-state index contributed by atoms with van der Waals surface area (Å²) in [6.07, 6.45) is 3.60. The summed E-state index contributed by atoms with van der Waals surface area (Å²) in [6, 6.07) is 0. The van der Waals surface area contributed by atoms with Gasteiger partial charge in [0.05, 0.1) is 0 Å². The minimum atomic E-state index is -0.488. The Balaban J connectivity index is 2.12. The molecule has 1 saturated carbocycles. The molecule has 2 atom stereocenters. The van der Waals surface area contributed by atoms with Gasteiger partial charge in [-0.15, -0.1) is 0 Å². The van der Waals surface area contributed by atoms with Crippen molar-refractivity contribution >= 4 is 11.5 Å². The molecule has 0 bridgehead atoms. The average molecular weight is 252 g/mol. The van der Waals surface area contributed by atoms with Crippen LogP contribution in [0.5, 0.6) is 0 Å². The van der Waals surface area contributed by atoms with Crippen LogP contribution in [-0.4, -0.2) is 16.1 Å². The molecule has 1 aromatic heterocycles. The smallest absolute Gasteiger partial charge is 0.329 e. The van der Waals surface area contributed by atoms with E-state index in [1.54, 1.807) is 0 Å². The standard InChI is InChI=1S/C12H20N4O2/c1-7-3-4-8(5-7)6-14-9-10(13)16(2)12(18)15-11(9)17/h7-8,14H,3-6,13H2,1-2H3,(H,15,17,18). The van der Waals surface area contributed by atoms with Gasteiger partial charge in [-0.05, 0) is 24.7 Å². The zero-order valence-corrected chi connectivity index (χ0v) is 10.8. The number of hydrogen-bond acceptors (Lipinski definition) is 4. The summed E-state index contributed by atoms with van der Waals surface area (Å²) < 4.78 is 1.24. The molecule has 0 aromatic carbocycles. The maximum atomic E-state index is 11.7. The fourth-order valence-corrected chi connectivity index (χ4v) is 2.56. The van der Waals surface area contributed by atoms with Gasteiger partial charge in [0.2, 0.25) is 0 Å². The molecule has 1 aromatic rings. The molecule has 0 amide bonds. The van der Waals surface area contributed by atoms with Crippen molar-refractivity contribution < 1.29 is 0 Å². The van der Waals surface area contributed by atoms with E-state index in [2.05, 4.69) is 17.2 Å². The van der Waals surface area contributed by atoms with E-state index in [0.29, 0.717) is 11.6 Å². The normalized spacial score (nSPS) is 23.2. The highest BCUT2D eigenvalue weighted by molar-refractivity contribution is 5.60. The van der Waals surface area contributed by atoms with Crippen LogP contribution < -0.4 is 22.3 Å². The first-order valence-corrected chi connectivity index (χ1v) is 6.31. The van der Waals surface area contributed by atoms with Crippen molar-refractivity contribution in [1.82, 2.24) is 9.55 Å². The summed E-state index contributed by atoms with van der Waals surface area (Å²) in [4.78, 5) is 25.2. The highest BCUT2D eigenvalue weighted by atomic mass is 16.2. The fourth-order valence-electron chi connectivity index (χ4n) is 2.56. The molecule has 1 aliphatic carbocycles. The largest absolute Gasteiger partial charge is 0.383 e. The molecule has 6 heteroatoms. The number of nitrogens with two attached hydrogens (primary N) is 1. The second kappa shape index (κ2) is 4.88. The third-order valence-corrected chi connectivity index (χ3v) is 3.74. The number of aromatic nitrogens is 2. The van der Waals surface area contributed by atoms with E-state index >= 15 is 0 Å². The van der Waals surface area contributed by atoms with Crippen LogP contribution in [0.2, 0.25) is 0 Å². The molecule has 0 aliphatic heterocycles. The summed E-state index contributed by atoms with van der Waals surface area (Å²) in [5, 5.41) is 3.08. The van der Waals surface area contributed by atoms with Gasteiger partial charge in [0.25, 0.3) is 5.56 Å². The van der Waals surface area contributed by atoms with E-state index in [-0.39, 0.29) is 5.82 Å². The van der Waals surface area contributed by atoms with Gasteiger partial charge >= 0.3 is 5.69 Å². The van der Waals surface area contributed by atoms with Gasteiger partial charge in [0.1, 0.15) is 11.5 Å². The van der Waals surface area contributed by atoms with Crippen LogP contribution in [0.1, 0.15) is 26.2 Å². The average Bonchev–Trinajstić information content (AvgIpc) is 2.72. The Bertz CT molecular complexity index is 546. The zero-order valence-electron chi connectivity index (χ0n) is 10.8. The number of aromatic amines is 1. The van der Waals surface area contributed by atoms with Gasteiger partial charge in [0, 0.05) is 13.6 Å². The maximum absolute atomic E-state index is 11.7. The zero-order chi connectivity index (χ0) is 13.3. The van der Waals surface area contributed by atoms with Crippen molar-refractivity contribution in [2.45, 2.75) is 26.2 Å². The lowest BCUT2D eigenvalue weighted by molar-refractivity contribution is 0.536. The van der Waals surface area contributed by atoms with E-state index in [4.69, 9.17) is 5.73 Å². The Morgan fingerprint density at radius 3 is 2.78 bits per heavy atom. The summed E-state index contributed by atoms with van der Waals surface area (Å²) in [5.74, 6) is 1.53. The monoisotopic (exact) mass is 252 g/mol. The van der Waals surface area contributed by atoms with Crippen molar-refractivity contribution in [3.63, 3.8) is 0 Å². The first-order chi connectivity index (χ1) is 8.49. The molecule has 0 radical (unpaired) electrons. The number of H-pyrrole nitrogens is 1. The quantitative estimate of drug-likeness (QED) is 0.730. The second-order valence-corrected chi connectivity index (χ2v) is 5.24. The van der Waals surface area contributed by atoms with Crippen molar-refractivity contribution in [1.29, 1.82) is 0 Å². The number of nitrogens with one attached hydrogen (secondary N) is 2. The van der Waals surface area contributed by atoms with E-state index in [1.807, 2.05) is 0 Å². The lowest BCUT2D eigenvalue weighted by atomic mass is 10.1. The van der Waals surface area contributed by atoms with E-state index in [9.17, 15) is 9.59 Å². The van der Waals surface area contributed by atoms with Gasteiger partial charge < -0.3 is 11.1 Å². The predicted molar refractivity (Wildman–Crippen MR) is 71.7 cm³/mol. The SMILES string of the molecule is CC1CCC(CNc2c(N)n(C)c(=O)[nH]c2=O)C1. The second-order valence-electron chi connectivity index (χ2n) is 5.24. The molecule has 4 N–H and O–H groups in total. The van der Waals surface area contributed by atoms with Crippen LogP contribution in [0.15, 0.2) is 9.59 Å². The first kappa shape index (κ1) is 12.7. The van der Waals surface area contributed by atoms with Gasteiger partial charge in [-0.2, -0.15) is 0 Å². The van der Waals surface area contributed by atoms with Gasteiger partial charge in [-0.3, -0.25) is 14.3 Å². The van der Waals surface area contributed by atoms with Crippen LogP contribution in [0, 0.1) is 11.8 Å². The summed E-state index contributed by atoms with van der Waals surface area (Å²) in [6.45, 7) is 2.98. The molecule has 2 unspecified atom stereocenters. The topological polar surface area (TPSA) is 92.9 Å². The molecule has 6 nitrogen and oxygen atoms in total. The number of anilines is 2. The van der Waals surface area contributed by atoms with Crippen molar-refractivity contribution in [3.05, 3.63) is 20.8 Å². The van der Waals surface area contributed by atoms with Crippen molar-refractivity contribution in [2.24, 2.45) is 18.9 Å². The minimum absolute atomic E-state index is 0.190. The number of nitrogens with zero attached hydrogens (tertiary/aromatic N) is 1. The molecule has 0 saturated heterocycles. The van der Waals surface area contributed by atoms with Crippen LogP contribution in [-0.2, 0) is 7.05 Å². The number of hydrogen-bond donors (Lipinski definition) is 3. The summed E-state index contributed by atoms with van der Waals surface area (Å²) >= 11 is 0. The van der Waals surface area contributed by atoms with Crippen LogP contribution in [0.4, 0.5) is 11.5 Å². The Morgan fingerprint density at radius 2 is 2.17 bits per heavy atom. The lowest BCUT2D eigenvalue weighted by Gasteiger charge is -2.14. The molecule has 0 spiro atoms. The number of nitrogen functional groups attached to an aromatic ring is 1. The number of rotatable bonds is 3. The molecule has 2 rings (SSSR count). The highest BCUT2D eigenvalue weighted by Crippen LogP contribution is 2.30.